The van der Waals surface area contributed by atoms with Crippen LogP contribution in [0.1, 0.15) is 47.0 Å². The molecule has 2 heterocycles. The van der Waals surface area contributed by atoms with Crippen molar-refractivity contribution < 1.29 is 13.9 Å². The molecule has 1 aliphatic rings. The summed E-state index contributed by atoms with van der Waals surface area (Å²) >= 11 is 1.18. The predicted molar refractivity (Wildman–Crippen MR) is 127 cm³/mol. The van der Waals surface area contributed by atoms with Crippen LogP contribution in [-0.4, -0.2) is 30.0 Å². The van der Waals surface area contributed by atoms with Crippen LogP contribution in [0.3, 0.4) is 0 Å². The molecule has 0 bridgehead atoms. The Kier molecular flexibility index (Phi) is 7.02. The fraction of sp³-hybridized carbons (Fsp3) is 0.333. The number of carbonyl (C=O) groups is 1. The van der Waals surface area contributed by atoms with Crippen LogP contribution < -0.4 is 21.1 Å². The number of benzene rings is 2. The predicted octanol–water partition coefficient (Wildman–Crippen LogP) is 4.92. The molecular weight excluding hydrogens is 427 g/mol. The van der Waals surface area contributed by atoms with Gasteiger partial charge in [0.15, 0.2) is 5.13 Å². The summed E-state index contributed by atoms with van der Waals surface area (Å²) in [4.78, 5) is 17.5. The largest absolute Gasteiger partial charge is 0.494 e. The summed E-state index contributed by atoms with van der Waals surface area (Å²) in [6.45, 7) is 3.63. The van der Waals surface area contributed by atoms with E-state index in [4.69, 9.17) is 10.5 Å². The highest BCUT2D eigenvalue weighted by Gasteiger charge is 2.19. The van der Waals surface area contributed by atoms with Crippen molar-refractivity contribution in [3.63, 3.8) is 0 Å². The number of nitrogens with one attached hydrogen (secondary N) is 2. The van der Waals surface area contributed by atoms with E-state index in [0.29, 0.717) is 40.2 Å². The van der Waals surface area contributed by atoms with E-state index in [1.54, 1.807) is 6.07 Å². The summed E-state index contributed by atoms with van der Waals surface area (Å²) in [7, 11) is 0. The van der Waals surface area contributed by atoms with Gasteiger partial charge in [0.05, 0.1) is 6.61 Å². The number of hydrogen-bond donors (Lipinski definition) is 3. The van der Waals surface area contributed by atoms with Crippen LogP contribution in [0.2, 0.25) is 0 Å². The van der Waals surface area contributed by atoms with E-state index in [0.717, 1.165) is 24.4 Å². The Balaban J connectivity index is 1.38. The first-order valence-corrected chi connectivity index (χ1v) is 11.7. The molecule has 1 aliphatic heterocycles. The Labute approximate surface area is 191 Å². The van der Waals surface area contributed by atoms with Crippen molar-refractivity contribution in [2.45, 2.75) is 38.6 Å². The SMILES string of the molecule is CCc1cc(C(=O)c2sc(Nc3ccc(OCCC4CCCN4)cc3)nc2N)ccc1F. The number of anilines is 3. The average Bonchev–Trinajstić information content (AvgIpc) is 3.44. The molecular formula is C24H27FN4O2S. The number of nitrogens with zero attached hydrogens (tertiary/aromatic N) is 1. The smallest absolute Gasteiger partial charge is 0.206 e. The van der Waals surface area contributed by atoms with Crippen LogP contribution in [0.25, 0.3) is 0 Å². The lowest BCUT2D eigenvalue weighted by atomic mass is 10.0. The first-order valence-electron chi connectivity index (χ1n) is 10.9. The Morgan fingerprint density at radius 1 is 1.31 bits per heavy atom. The minimum absolute atomic E-state index is 0.158. The van der Waals surface area contributed by atoms with Gasteiger partial charge in [0, 0.05) is 17.3 Å². The number of hydrogen-bond acceptors (Lipinski definition) is 7. The van der Waals surface area contributed by atoms with E-state index >= 15 is 0 Å². The highest BCUT2D eigenvalue weighted by atomic mass is 32.1. The fourth-order valence-electron chi connectivity index (χ4n) is 3.75. The number of aryl methyl sites for hydroxylation is 1. The van der Waals surface area contributed by atoms with Crippen LogP contribution in [0.4, 0.5) is 21.0 Å². The molecule has 0 aliphatic carbocycles. The number of rotatable bonds is 9. The Hall–Kier alpha value is -2.97. The standard InChI is InChI=1S/C24H27FN4O2S/c1-2-15-14-16(5-10-20(15)25)21(30)22-23(26)29-24(32-22)28-18-6-8-19(9-7-18)31-13-11-17-4-3-12-27-17/h5-10,14,17,27H,2-4,11-13,26H2,1H3,(H,28,29). The zero-order valence-corrected chi connectivity index (χ0v) is 18.8. The molecule has 1 fully saturated rings. The maximum Gasteiger partial charge on any atom is 0.206 e. The molecule has 0 amide bonds. The Morgan fingerprint density at radius 2 is 2.12 bits per heavy atom. The third-order valence-corrected chi connectivity index (χ3v) is 6.54. The van der Waals surface area contributed by atoms with Crippen LogP contribution in [0.5, 0.6) is 5.75 Å². The third-order valence-electron chi connectivity index (χ3n) is 5.55. The average molecular weight is 455 g/mol. The lowest BCUT2D eigenvalue weighted by Gasteiger charge is -2.11. The second kappa shape index (κ2) is 10.1. The quantitative estimate of drug-likeness (QED) is 0.398. The number of nitrogen functional groups attached to an aromatic ring is 1. The van der Waals surface area contributed by atoms with Gasteiger partial charge < -0.3 is 21.1 Å². The summed E-state index contributed by atoms with van der Waals surface area (Å²) in [5.41, 5.74) is 7.72. The summed E-state index contributed by atoms with van der Waals surface area (Å²) < 4.78 is 19.6. The maximum absolute atomic E-state index is 13.8. The number of ether oxygens (including phenoxy) is 1. The minimum atomic E-state index is -0.314. The minimum Gasteiger partial charge on any atom is -0.494 e. The molecule has 1 saturated heterocycles. The molecule has 0 saturated carbocycles. The van der Waals surface area contributed by atoms with Gasteiger partial charge in [0.25, 0.3) is 0 Å². The van der Waals surface area contributed by atoms with Gasteiger partial charge in [0.1, 0.15) is 22.3 Å². The molecule has 8 heteroatoms. The summed E-state index contributed by atoms with van der Waals surface area (Å²) in [5.74, 6) is 0.394. The molecule has 1 atom stereocenters. The summed E-state index contributed by atoms with van der Waals surface area (Å²) in [6.07, 6.45) is 3.97. The molecule has 6 nitrogen and oxygen atoms in total. The molecule has 32 heavy (non-hydrogen) atoms. The molecule has 0 radical (unpaired) electrons. The van der Waals surface area contributed by atoms with E-state index in [1.807, 2.05) is 31.2 Å². The summed E-state index contributed by atoms with van der Waals surface area (Å²) in [6, 6.07) is 12.5. The van der Waals surface area contributed by atoms with Crippen LogP contribution >= 0.6 is 11.3 Å². The molecule has 1 unspecified atom stereocenters. The second-order valence-corrected chi connectivity index (χ2v) is 8.80. The Morgan fingerprint density at radius 3 is 2.84 bits per heavy atom. The van der Waals surface area contributed by atoms with E-state index in [-0.39, 0.29) is 17.4 Å². The molecule has 2 aromatic carbocycles. The van der Waals surface area contributed by atoms with Gasteiger partial charge in [0.2, 0.25) is 5.78 Å². The van der Waals surface area contributed by atoms with E-state index < -0.39 is 0 Å². The topological polar surface area (TPSA) is 89.3 Å². The lowest BCUT2D eigenvalue weighted by Crippen LogP contribution is -2.23. The highest BCUT2D eigenvalue weighted by molar-refractivity contribution is 7.18. The first-order chi connectivity index (χ1) is 15.5. The zero-order valence-electron chi connectivity index (χ0n) is 18.0. The van der Waals surface area contributed by atoms with Crippen molar-refractivity contribution in [3.05, 3.63) is 64.3 Å². The molecule has 168 valence electrons. The number of ketones is 1. The molecule has 3 aromatic rings. The monoisotopic (exact) mass is 454 g/mol. The summed E-state index contributed by atoms with van der Waals surface area (Å²) in [5, 5.41) is 7.16. The number of aromatic nitrogens is 1. The van der Waals surface area contributed by atoms with Crippen molar-refractivity contribution in [3.8, 4) is 5.75 Å². The van der Waals surface area contributed by atoms with Gasteiger partial charge in [-0.15, -0.1) is 0 Å². The van der Waals surface area contributed by atoms with Crippen molar-refractivity contribution in [1.29, 1.82) is 0 Å². The second-order valence-electron chi connectivity index (χ2n) is 7.80. The lowest BCUT2D eigenvalue weighted by molar-refractivity contribution is 0.104. The van der Waals surface area contributed by atoms with Gasteiger partial charge >= 0.3 is 0 Å². The van der Waals surface area contributed by atoms with Gasteiger partial charge in [-0.05, 0) is 80.3 Å². The number of thiazole rings is 1. The highest BCUT2D eigenvalue weighted by Crippen LogP contribution is 2.30. The van der Waals surface area contributed by atoms with Crippen molar-refractivity contribution in [1.82, 2.24) is 10.3 Å². The number of carbonyl (C=O) groups excluding carboxylic acids is 1. The van der Waals surface area contributed by atoms with Gasteiger partial charge in [-0.3, -0.25) is 4.79 Å². The van der Waals surface area contributed by atoms with E-state index in [9.17, 15) is 9.18 Å². The zero-order chi connectivity index (χ0) is 22.5. The molecule has 1 aromatic heterocycles. The normalized spacial score (nSPS) is 15.6. The molecule has 4 rings (SSSR count). The number of nitrogens with two attached hydrogens (primary N) is 1. The number of halogens is 1. The maximum atomic E-state index is 13.8. The van der Waals surface area contributed by atoms with Gasteiger partial charge in [-0.2, -0.15) is 0 Å². The fourth-order valence-corrected chi connectivity index (χ4v) is 4.61. The van der Waals surface area contributed by atoms with E-state index in [1.165, 1.54) is 36.3 Å². The molecule has 0 spiro atoms. The third kappa shape index (κ3) is 5.26. The van der Waals surface area contributed by atoms with Crippen LogP contribution in [-0.2, 0) is 6.42 Å². The van der Waals surface area contributed by atoms with Crippen LogP contribution in [0.15, 0.2) is 42.5 Å². The van der Waals surface area contributed by atoms with Crippen molar-refractivity contribution in [2.75, 3.05) is 24.2 Å². The Bertz CT molecular complexity index is 1080. The molecule has 4 N–H and O–H groups in total. The van der Waals surface area contributed by atoms with Crippen LogP contribution in [0, 0.1) is 5.82 Å². The van der Waals surface area contributed by atoms with Crippen molar-refractivity contribution in [2.24, 2.45) is 0 Å². The van der Waals surface area contributed by atoms with Gasteiger partial charge in [-0.1, -0.05) is 18.3 Å². The van der Waals surface area contributed by atoms with Crippen molar-refractivity contribution >= 4 is 33.8 Å². The first kappa shape index (κ1) is 22.2. The van der Waals surface area contributed by atoms with Gasteiger partial charge in [-0.25, -0.2) is 9.37 Å². The van der Waals surface area contributed by atoms with E-state index in [2.05, 4.69) is 15.6 Å².